The summed E-state index contributed by atoms with van der Waals surface area (Å²) in [5.74, 6) is 0.631. The Hall–Kier alpha value is -1.95. The van der Waals surface area contributed by atoms with Crippen LogP contribution >= 0.6 is 0 Å². The minimum atomic E-state index is -0.405. The summed E-state index contributed by atoms with van der Waals surface area (Å²) in [7, 11) is 0. The van der Waals surface area contributed by atoms with Gasteiger partial charge in [0.15, 0.2) is 0 Å². The van der Waals surface area contributed by atoms with Gasteiger partial charge < -0.3 is 10.6 Å². The quantitative estimate of drug-likeness (QED) is 0.622. The van der Waals surface area contributed by atoms with Gasteiger partial charge in [-0.15, -0.1) is 0 Å². The molecule has 6 nitrogen and oxygen atoms in total. The zero-order chi connectivity index (χ0) is 16.2. The normalized spacial score (nSPS) is 26.0. The molecule has 2 aliphatic rings. The third kappa shape index (κ3) is 4.28. The number of nitro benzene ring substituents is 1. The molecule has 2 saturated heterocycles. The maximum absolute atomic E-state index is 12.1. The second-order valence-electron chi connectivity index (χ2n) is 6.70. The fraction of sp³-hybridized carbons (Fsp3) is 0.588. The lowest BCUT2D eigenvalue weighted by Gasteiger charge is -2.28. The van der Waals surface area contributed by atoms with Crippen molar-refractivity contribution in [2.75, 3.05) is 6.54 Å². The smallest absolute Gasteiger partial charge is 0.269 e. The van der Waals surface area contributed by atoms with E-state index in [1.165, 1.54) is 25.0 Å². The van der Waals surface area contributed by atoms with Crippen LogP contribution in [-0.2, 0) is 11.2 Å². The number of carbonyl (C=O) groups is 1. The molecular formula is C17H23N3O3. The molecule has 2 bridgehead atoms. The number of fused-ring (bicyclic) bond motifs is 2. The predicted molar refractivity (Wildman–Crippen MR) is 87.1 cm³/mol. The molecule has 2 fully saturated rings. The SMILES string of the molecule is O=C(CC1CC2CCC(C1)N2)NCCc1ccc([N+](=O)[O-])cc1. The van der Waals surface area contributed by atoms with E-state index in [1.807, 2.05) is 0 Å². The molecule has 3 rings (SSSR count). The lowest BCUT2D eigenvalue weighted by atomic mass is 9.89. The van der Waals surface area contributed by atoms with Crippen LogP contribution < -0.4 is 10.6 Å². The van der Waals surface area contributed by atoms with Crippen LogP contribution in [0.5, 0.6) is 0 Å². The molecule has 2 heterocycles. The van der Waals surface area contributed by atoms with E-state index in [-0.39, 0.29) is 11.6 Å². The molecule has 0 aliphatic carbocycles. The Morgan fingerprint density at radius 1 is 1.22 bits per heavy atom. The van der Waals surface area contributed by atoms with Crippen LogP contribution in [0.15, 0.2) is 24.3 Å². The molecule has 1 aromatic carbocycles. The van der Waals surface area contributed by atoms with Gasteiger partial charge in [0, 0.05) is 37.2 Å². The summed E-state index contributed by atoms with van der Waals surface area (Å²) in [5.41, 5.74) is 1.09. The summed E-state index contributed by atoms with van der Waals surface area (Å²) in [6.07, 6.45) is 6.06. The van der Waals surface area contributed by atoms with Crippen molar-refractivity contribution in [1.29, 1.82) is 0 Å². The number of benzene rings is 1. The van der Waals surface area contributed by atoms with Crippen molar-refractivity contribution in [2.45, 2.75) is 50.6 Å². The molecule has 0 radical (unpaired) electrons. The number of amides is 1. The zero-order valence-electron chi connectivity index (χ0n) is 13.2. The second-order valence-corrected chi connectivity index (χ2v) is 6.70. The van der Waals surface area contributed by atoms with Crippen molar-refractivity contribution in [1.82, 2.24) is 10.6 Å². The first-order chi connectivity index (χ1) is 11.1. The van der Waals surface area contributed by atoms with Gasteiger partial charge in [0.1, 0.15) is 0 Å². The predicted octanol–water partition coefficient (Wildman–Crippen LogP) is 2.17. The van der Waals surface area contributed by atoms with Gasteiger partial charge in [-0.25, -0.2) is 0 Å². The Morgan fingerprint density at radius 3 is 2.48 bits per heavy atom. The van der Waals surface area contributed by atoms with E-state index in [4.69, 9.17) is 0 Å². The van der Waals surface area contributed by atoms with Gasteiger partial charge in [-0.1, -0.05) is 12.1 Å². The van der Waals surface area contributed by atoms with Gasteiger partial charge >= 0.3 is 0 Å². The number of rotatable bonds is 6. The highest BCUT2D eigenvalue weighted by Crippen LogP contribution is 2.32. The van der Waals surface area contributed by atoms with Crippen molar-refractivity contribution in [3.8, 4) is 0 Å². The van der Waals surface area contributed by atoms with Crippen molar-refractivity contribution >= 4 is 11.6 Å². The third-order valence-electron chi connectivity index (χ3n) is 4.93. The molecule has 2 N–H and O–H groups in total. The zero-order valence-corrected chi connectivity index (χ0v) is 13.2. The lowest BCUT2D eigenvalue weighted by molar-refractivity contribution is -0.384. The Bertz CT molecular complexity index is 561. The van der Waals surface area contributed by atoms with Crippen LogP contribution in [-0.4, -0.2) is 29.5 Å². The monoisotopic (exact) mass is 317 g/mol. The third-order valence-corrected chi connectivity index (χ3v) is 4.93. The molecule has 1 aromatic rings. The Labute approximate surface area is 135 Å². The topological polar surface area (TPSA) is 84.3 Å². The van der Waals surface area contributed by atoms with E-state index in [0.717, 1.165) is 18.4 Å². The number of hydrogen-bond acceptors (Lipinski definition) is 4. The van der Waals surface area contributed by atoms with E-state index in [9.17, 15) is 14.9 Å². The minimum Gasteiger partial charge on any atom is -0.356 e. The maximum Gasteiger partial charge on any atom is 0.269 e. The van der Waals surface area contributed by atoms with E-state index in [2.05, 4.69) is 10.6 Å². The summed E-state index contributed by atoms with van der Waals surface area (Å²) in [4.78, 5) is 22.3. The number of nitro groups is 1. The van der Waals surface area contributed by atoms with Gasteiger partial charge in [-0.2, -0.15) is 0 Å². The van der Waals surface area contributed by atoms with Gasteiger partial charge in [-0.3, -0.25) is 14.9 Å². The van der Waals surface area contributed by atoms with E-state index < -0.39 is 4.92 Å². The molecule has 0 saturated carbocycles. The maximum atomic E-state index is 12.1. The summed E-state index contributed by atoms with van der Waals surface area (Å²) in [6, 6.07) is 7.73. The molecule has 2 aliphatic heterocycles. The van der Waals surface area contributed by atoms with E-state index in [0.29, 0.717) is 37.4 Å². The lowest BCUT2D eigenvalue weighted by Crippen LogP contribution is -2.39. The molecule has 124 valence electrons. The van der Waals surface area contributed by atoms with Crippen molar-refractivity contribution in [2.24, 2.45) is 5.92 Å². The molecular weight excluding hydrogens is 294 g/mol. The van der Waals surface area contributed by atoms with Gasteiger partial charge in [-0.05, 0) is 43.6 Å². The number of carbonyl (C=O) groups excluding carboxylic acids is 1. The van der Waals surface area contributed by atoms with Crippen LogP contribution in [0.2, 0.25) is 0 Å². The molecule has 2 unspecified atom stereocenters. The Balaban J connectivity index is 1.38. The fourth-order valence-corrected chi connectivity index (χ4v) is 3.81. The first-order valence-electron chi connectivity index (χ1n) is 8.36. The van der Waals surface area contributed by atoms with Crippen LogP contribution in [0.3, 0.4) is 0 Å². The van der Waals surface area contributed by atoms with Gasteiger partial charge in [0.25, 0.3) is 5.69 Å². The van der Waals surface area contributed by atoms with Crippen LogP contribution in [0.1, 0.15) is 37.7 Å². The highest BCUT2D eigenvalue weighted by Gasteiger charge is 2.34. The number of piperidine rings is 1. The molecule has 0 spiro atoms. The number of nitrogens with one attached hydrogen (secondary N) is 2. The average Bonchev–Trinajstić information content (AvgIpc) is 2.86. The van der Waals surface area contributed by atoms with Gasteiger partial charge in [0.2, 0.25) is 5.91 Å². The molecule has 2 atom stereocenters. The number of nitrogens with zero attached hydrogens (tertiary/aromatic N) is 1. The first-order valence-corrected chi connectivity index (χ1v) is 8.36. The van der Waals surface area contributed by atoms with Crippen molar-refractivity contribution in [3.63, 3.8) is 0 Å². The Morgan fingerprint density at radius 2 is 1.87 bits per heavy atom. The number of non-ortho nitro benzene ring substituents is 1. The standard InChI is InChI=1S/C17H23N3O3/c21-17(11-13-9-14-3-4-15(10-13)19-14)18-8-7-12-1-5-16(6-2-12)20(22)23/h1-2,5-6,13-15,19H,3-4,7-11H2,(H,18,21). The van der Waals surface area contributed by atoms with E-state index >= 15 is 0 Å². The highest BCUT2D eigenvalue weighted by molar-refractivity contribution is 5.76. The highest BCUT2D eigenvalue weighted by atomic mass is 16.6. The molecule has 1 amide bonds. The van der Waals surface area contributed by atoms with Crippen LogP contribution in [0.4, 0.5) is 5.69 Å². The minimum absolute atomic E-state index is 0.0957. The largest absolute Gasteiger partial charge is 0.356 e. The first kappa shape index (κ1) is 15.9. The molecule has 6 heteroatoms. The second kappa shape index (κ2) is 7.08. The van der Waals surface area contributed by atoms with Gasteiger partial charge in [0.05, 0.1) is 4.92 Å². The fourth-order valence-electron chi connectivity index (χ4n) is 3.81. The van der Waals surface area contributed by atoms with Crippen molar-refractivity contribution in [3.05, 3.63) is 39.9 Å². The summed E-state index contributed by atoms with van der Waals surface area (Å²) < 4.78 is 0. The molecule has 23 heavy (non-hydrogen) atoms. The average molecular weight is 317 g/mol. The summed E-state index contributed by atoms with van der Waals surface area (Å²) in [5, 5.41) is 17.2. The van der Waals surface area contributed by atoms with E-state index in [1.54, 1.807) is 12.1 Å². The van der Waals surface area contributed by atoms with Crippen molar-refractivity contribution < 1.29 is 9.72 Å². The summed E-state index contributed by atoms with van der Waals surface area (Å²) in [6.45, 7) is 0.578. The number of hydrogen-bond donors (Lipinski definition) is 2. The van der Waals surface area contributed by atoms with Crippen LogP contribution in [0.25, 0.3) is 0 Å². The Kier molecular flexibility index (Phi) is 4.91. The van der Waals surface area contributed by atoms with Crippen LogP contribution in [0, 0.1) is 16.0 Å². The summed E-state index contributed by atoms with van der Waals surface area (Å²) >= 11 is 0. The molecule has 0 aromatic heterocycles.